The second-order valence-corrected chi connectivity index (χ2v) is 9.38. The number of nitrogens with one attached hydrogen (secondary N) is 3. The van der Waals surface area contributed by atoms with E-state index in [9.17, 15) is 5.11 Å². The maximum absolute atomic E-state index is 10.8. The zero-order valence-corrected chi connectivity index (χ0v) is 19.6. The second-order valence-electron chi connectivity index (χ2n) is 9.38. The number of aliphatic hydroxyl groups is 1. The fourth-order valence-electron chi connectivity index (χ4n) is 5.23. The molecule has 1 aliphatic heterocycles. The molecular weight excluding hydrogens is 450 g/mol. The van der Waals surface area contributed by atoms with E-state index in [0.717, 1.165) is 68.9 Å². The van der Waals surface area contributed by atoms with Gasteiger partial charge in [-0.25, -0.2) is 15.0 Å². The number of para-hydroxylation sites is 1. The molecule has 8 heteroatoms. The van der Waals surface area contributed by atoms with Crippen LogP contribution in [0.1, 0.15) is 18.4 Å². The molecule has 2 unspecified atom stereocenters. The molecule has 2 atom stereocenters. The standard InChI is InChI=1S/C28H25N7O/c36-23-15-29-11-4-9-21(23)33-28-25-19(16-5-3-6-16)13-30-14-22(25)34-26(35-28)18-10-12-31-27-24(18)17-7-1-2-8-20(17)32-27/h1-3,5-8,10,12-14,21,23,29,36H,4,9,11,15H2,(H,31,32)(H,33,34,35). The molecule has 0 bridgehead atoms. The largest absolute Gasteiger partial charge is 0.390 e. The molecule has 1 fully saturated rings. The van der Waals surface area contributed by atoms with Gasteiger partial charge in [0.05, 0.1) is 29.2 Å². The van der Waals surface area contributed by atoms with Crippen molar-refractivity contribution < 1.29 is 5.11 Å². The first-order valence-corrected chi connectivity index (χ1v) is 12.3. The van der Waals surface area contributed by atoms with E-state index in [1.807, 2.05) is 36.5 Å². The Labute approximate surface area is 207 Å². The van der Waals surface area contributed by atoms with E-state index in [2.05, 4.69) is 43.8 Å². The molecule has 8 nitrogen and oxygen atoms in total. The van der Waals surface area contributed by atoms with Crippen molar-refractivity contribution in [2.75, 3.05) is 18.4 Å². The van der Waals surface area contributed by atoms with Gasteiger partial charge in [0, 0.05) is 46.4 Å². The van der Waals surface area contributed by atoms with E-state index >= 15 is 0 Å². The summed E-state index contributed by atoms with van der Waals surface area (Å²) in [6.45, 7) is 1.45. The lowest BCUT2D eigenvalue weighted by Crippen LogP contribution is -2.38. The molecule has 36 heavy (non-hydrogen) atoms. The molecule has 0 spiro atoms. The molecule has 2 aliphatic rings. The van der Waals surface area contributed by atoms with Crippen molar-refractivity contribution in [3.05, 3.63) is 72.7 Å². The number of rotatable bonds is 4. The number of nitrogens with zero attached hydrogens (tertiary/aromatic N) is 4. The highest BCUT2D eigenvalue weighted by atomic mass is 16.3. The number of aliphatic hydroxyl groups excluding tert-OH is 1. The molecule has 0 saturated carbocycles. The van der Waals surface area contributed by atoms with Crippen LogP contribution in [0.2, 0.25) is 0 Å². The van der Waals surface area contributed by atoms with Gasteiger partial charge in [0.15, 0.2) is 5.82 Å². The molecule has 1 saturated heterocycles. The van der Waals surface area contributed by atoms with Crippen molar-refractivity contribution in [1.29, 1.82) is 0 Å². The van der Waals surface area contributed by atoms with Gasteiger partial charge >= 0.3 is 0 Å². The highest BCUT2D eigenvalue weighted by Gasteiger charge is 2.25. The zero-order valence-electron chi connectivity index (χ0n) is 19.6. The van der Waals surface area contributed by atoms with Crippen LogP contribution in [0.5, 0.6) is 0 Å². The minimum absolute atomic E-state index is 0.122. The van der Waals surface area contributed by atoms with Crippen LogP contribution in [0, 0.1) is 0 Å². The average Bonchev–Trinajstić information content (AvgIpc) is 3.13. The first-order valence-electron chi connectivity index (χ1n) is 12.3. The lowest BCUT2D eigenvalue weighted by molar-refractivity contribution is 0.155. The summed E-state index contributed by atoms with van der Waals surface area (Å²) in [5.41, 5.74) is 5.56. The average molecular weight is 476 g/mol. The predicted molar refractivity (Wildman–Crippen MR) is 143 cm³/mol. The fourth-order valence-corrected chi connectivity index (χ4v) is 5.23. The molecule has 5 heterocycles. The van der Waals surface area contributed by atoms with Gasteiger partial charge in [0.1, 0.15) is 11.5 Å². The summed E-state index contributed by atoms with van der Waals surface area (Å²) in [5.74, 6) is 1.31. The molecule has 178 valence electrons. The zero-order chi connectivity index (χ0) is 24.1. The number of pyridine rings is 2. The fraction of sp³-hybridized carbons (Fsp3) is 0.214. The molecular formula is C28H25N7O. The summed E-state index contributed by atoms with van der Waals surface area (Å²) in [5, 5.41) is 20.7. The number of fused-ring (bicyclic) bond motifs is 4. The lowest BCUT2D eigenvalue weighted by Gasteiger charge is -2.24. The quantitative estimate of drug-likeness (QED) is 0.308. The Bertz CT molecular complexity index is 1690. The monoisotopic (exact) mass is 475 g/mol. The normalized spacial score (nSPS) is 19.9. The summed E-state index contributed by atoms with van der Waals surface area (Å²) in [6.07, 6.45) is 12.9. The number of β-amino-alcohol motifs (C(OH)–C–C–N with tert-alkyl or cyclic N) is 1. The smallest absolute Gasteiger partial charge is 0.163 e. The number of anilines is 1. The van der Waals surface area contributed by atoms with Gasteiger partial charge in [-0.05, 0) is 37.1 Å². The summed E-state index contributed by atoms with van der Waals surface area (Å²) in [6, 6.07) is 10.0. The van der Waals surface area contributed by atoms with Gasteiger partial charge in [0.25, 0.3) is 0 Å². The topological polar surface area (TPSA) is 112 Å². The Kier molecular flexibility index (Phi) is 5.00. The minimum atomic E-state index is -0.518. The summed E-state index contributed by atoms with van der Waals surface area (Å²) >= 11 is 0. The number of aromatic nitrogens is 5. The maximum Gasteiger partial charge on any atom is 0.163 e. The van der Waals surface area contributed by atoms with Crippen molar-refractivity contribution in [2.45, 2.75) is 25.0 Å². The second kappa shape index (κ2) is 8.51. The highest BCUT2D eigenvalue weighted by Crippen LogP contribution is 2.37. The first kappa shape index (κ1) is 21.2. The molecule has 1 aromatic carbocycles. The van der Waals surface area contributed by atoms with E-state index in [-0.39, 0.29) is 6.04 Å². The summed E-state index contributed by atoms with van der Waals surface area (Å²) in [4.78, 5) is 22.6. The van der Waals surface area contributed by atoms with Crippen LogP contribution < -0.4 is 10.6 Å². The number of H-pyrrole nitrogens is 1. The molecule has 4 N–H and O–H groups in total. The van der Waals surface area contributed by atoms with Crippen LogP contribution in [0.3, 0.4) is 0 Å². The van der Waals surface area contributed by atoms with Crippen LogP contribution in [-0.2, 0) is 0 Å². The van der Waals surface area contributed by atoms with Crippen LogP contribution in [0.15, 0.2) is 67.2 Å². The third kappa shape index (κ3) is 3.45. The van der Waals surface area contributed by atoms with Gasteiger partial charge in [-0.1, -0.05) is 36.4 Å². The summed E-state index contributed by atoms with van der Waals surface area (Å²) < 4.78 is 0. The Morgan fingerprint density at radius 2 is 1.94 bits per heavy atom. The number of aromatic amines is 1. The van der Waals surface area contributed by atoms with E-state index in [1.54, 1.807) is 12.4 Å². The van der Waals surface area contributed by atoms with E-state index in [4.69, 9.17) is 9.97 Å². The van der Waals surface area contributed by atoms with E-state index < -0.39 is 6.10 Å². The number of allylic oxidation sites excluding steroid dienone is 4. The molecule has 1 aliphatic carbocycles. The first-order chi connectivity index (χ1) is 17.8. The van der Waals surface area contributed by atoms with Gasteiger partial charge in [0.2, 0.25) is 0 Å². The lowest BCUT2D eigenvalue weighted by atomic mass is 9.97. The molecule has 5 aromatic rings. The summed E-state index contributed by atoms with van der Waals surface area (Å²) in [7, 11) is 0. The van der Waals surface area contributed by atoms with E-state index in [0.29, 0.717) is 18.2 Å². The molecule has 4 aromatic heterocycles. The van der Waals surface area contributed by atoms with Gasteiger partial charge in [-0.2, -0.15) is 0 Å². The van der Waals surface area contributed by atoms with Crippen molar-refractivity contribution in [3.8, 4) is 11.4 Å². The van der Waals surface area contributed by atoms with Crippen molar-refractivity contribution in [2.24, 2.45) is 0 Å². The van der Waals surface area contributed by atoms with Gasteiger partial charge in [-0.15, -0.1) is 0 Å². The van der Waals surface area contributed by atoms with Crippen molar-refractivity contribution in [1.82, 2.24) is 30.2 Å². The molecule has 0 amide bonds. The van der Waals surface area contributed by atoms with Crippen molar-refractivity contribution >= 4 is 44.2 Å². The Balaban J connectivity index is 1.46. The van der Waals surface area contributed by atoms with Gasteiger partial charge in [-0.3, -0.25) is 4.98 Å². The van der Waals surface area contributed by atoms with Crippen LogP contribution in [-0.4, -0.2) is 55.3 Å². The van der Waals surface area contributed by atoms with Crippen LogP contribution in [0.25, 0.3) is 49.8 Å². The molecule has 7 rings (SSSR count). The molecule has 0 radical (unpaired) electrons. The van der Waals surface area contributed by atoms with Crippen molar-refractivity contribution in [3.63, 3.8) is 0 Å². The number of hydrogen-bond donors (Lipinski definition) is 4. The Hall–Kier alpha value is -4.14. The van der Waals surface area contributed by atoms with Crippen LogP contribution in [0.4, 0.5) is 5.82 Å². The third-order valence-electron chi connectivity index (χ3n) is 7.12. The number of benzene rings is 1. The number of hydrogen-bond acceptors (Lipinski definition) is 7. The third-order valence-corrected chi connectivity index (χ3v) is 7.12. The SMILES string of the molecule is OC1CNCCCC1Nc1nc(-c2ccnc3[nH]c4ccccc4c23)nc2cncc(C3=CC=C3)c12. The van der Waals surface area contributed by atoms with Crippen LogP contribution >= 0.6 is 0 Å². The maximum atomic E-state index is 10.8. The Morgan fingerprint density at radius 3 is 2.83 bits per heavy atom. The predicted octanol–water partition coefficient (Wildman–Crippen LogP) is 4.20. The highest BCUT2D eigenvalue weighted by molar-refractivity contribution is 6.12. The minimum Gasteiger partial charge on any atom is -0.390 e. The van der Waals surface area contributed by atoms with E-state index in [1.165, 1.54) is 0 Å². The Morgan fingerprint density at radius 1 is 1.03 bits per heavy atom. The van der Waals surface area contributed by atoms with Gasteiger partial charge < -0.3 is 20.7 Å².